The maximum absolute atomic E-state index is 12.4. The van der Waals surface area contributed by atoms with Crippen molar-refractivity contribution in [1.29, 1.82) is 0 Å². The second-order valence-corrected chi connectivity index (χ2v) is 5.43. The minimum Gasteiger partial charge on any atom is -0.493 e. The van der Waals surface area contributed by atoms with Gasteiger partial charge in [0, 0.05) is 17.7 Å². The van der Waals surface area contributed by atoms with Gasteiger partial charge in [0.2, 0.25) is 11.6 Å². The Labute approximate surface area is 150 Å². The lowest BCUT2D eigenvalue weighted by molar-refractivity contribution is 0.0727. The van der Waals surface area contributed by atoms with Gasteiger partial charge in [-0.25, -0.2) is 9.78 Å². The Balaban J connectivity index is 1.81. The highest BCUT2D eigenvalue weighted by atomic mass is 16.5. The number of allylic oxidation sites excluding steroid dienone is 4. The molecule has 26 heavy (non-hydrogen) atoms. The Kier molecular flexibility index (Phi) is 5.26. The fourth-order valence-corrected chi connectivity index (χ4v) is 2.55. The average molecular weight is 357 g/mol. The zero-order chi connectivity index (χ0) is 18.5. The highest BCUT2D eigenvalue weighted by Gasteiger charge is 2.19. The maximum atomic E-state index is 12.4. The van der Waals surface area contributed by atoms with Crippen molar-refractivity contribution < 1.29 is 28.2 Å². The molecule has 1 aromatic carbocycles. The average Bonchev–Trinajstić information content (AvgIpc) is 3.18. The molecule has 136 valence electrons. The lowest BCUT2D eigenvalue weighted by Gasteiger charge is -2.13. The van der Waals surface area contributed by atoms with E-state index in [1.807, 2.05) is 18.2 Å². The van der Waals surface area contributed by atoms with Crippen molar-refractivity contribution >= 4 is 11.5 Å². The van der Waals surface area contributed by atoms with E-state index in [1.54, 1.807) is 0 Å². The number of hydrogen-bond donors (Lipinski definition) is 0. The summed E-state index contributed by atoms with van der Waals surface area (Å²) in [5.74, 6) is 1.16. The van der Waals surface area contributed by atoms with Crippen molar-refractivity contribution in [2.24, 2.45) is 0 Å². The van der Waals surface area contributed by atoms with Crippen LogP contribution in [0.3, 0.4) is 0 Å². The number of methoxy groups -OCH3 is 3. The van der Waals surface area contributed by atoms with E-state index in [4.69, 9.17) is 23.4 Å². The molecule has 0 atom stereocenters. The molecule has 0 radical (unpaired) electrons. The normalized spacial score (nSPS) is 13.1. The van der Waals surface area contributed by atoms with Gasteiger partial charge in [-0.15, -0.1) is 0 Å². The van der Waals surface area contributed by atoms with E-state index in [0.717, 1.165) is 18.4 Å². The van der Waals surface area contributed by atoms with Crippen LogP contribution in [0.1, 0.15) is 29.2 Å². The first kappa shape index (κ1) is 17.6. The molecule has 0 bridgehead atoms. The number of carbonyl (C=O) groups is 1. The predicted octanol–water partition coefficient (Wildman–Crippen LogP) is 3.65. The van der Waals surface area contributed by atoms with E-state index in [0.29, 0.717) is 23.1 Å². The molecule has 0 saturated carbocycles. The zero-order valence-electron chi connectivity index (χ0n) is 14.8. The number of benzene rings is 1. The number of carbonyl (C=O) groups excluding carboxylic acids is 1. The third-order valence-electron chi connectivity index (χ3n) is 3.80. The van der Waals surface area contributed by atoms with Crippen molar-refractivity contribution in [3.63, 3.8) is 0 Å². The third kappa shape index (κ3) is 3.56. The minimum absolute atomic E-state index is 0.0774. The summed E-state index contributed by atoms with van der Waals surface area (Å²) in [6.07, 6.45) is 9.15. The minimum atomic E-state index is -0.644. The fourth-order valence-electron chi connectivity index (χ4n) is 2.55. The maximum Gasteiger partial charge on any atom is 0.365 e. The molecular formula is C19H19NO6. The van der Waals surface area contributed by atoms with Crippen LogP contribution in [0, 0.1) is 0 Å². The number of hydrogen-bond acceptors (Lipinski definition) is 7. The number of oxazole rings is 1. The Morgan fingerprint density at radius 3 is 2.38 bits per heavy atom. The molecule has 1 aliphatic rings. The van der Waals surface area contributed by atoms with Crippen LogP contribution >= 0.6 is 0 Å². The Hall–Kier alpha value is -3.22. The van der Waals surface area contributed by atoms with Crippen LogP contribution in [0.2, 0.25) is 0 Å². The second kappa shape index (κ2) is 7.77. The first-order valence-electron chi connectivity index (χ1n) is 8.01. The van der Waals surface area contributed by atoms with Crippen LogP contribution in [-0.2, 0) is 0 Å². The quantitative estimate of drug-likeness (QED) is 0.576. The monoisotopic (exact) mass is 357 g/mol. The molecule has 1 aromatic heterocycles. The van der Waals surface area contributed by atoms with E-state index >= 15 is 0 Å². The van der Waals surface area contributed by atoms with Gasteiger partial charge < -0.3 is 23.4 Å². The smallest absolute Gasteiger partial charge is 0.365 e. The largest absolute Gasteiger partial charge is 0.493 e. The third-order valence-corrected chi connectivity index (χ3v) is 3.80. The van der Waals surface area contributed by atoms with Crippen LogP contribution in [0.25, 0.3) is 5.57 Å². The summed E-state index contributed by atoms with van der Waals surface area (Å²) in [7, 11) is 4.47. The standard InChI is InChI=1S/C19H19NO6/c1-22-15-9-13(10-16(23-2)17(15)24-3)26-19(21)14-11-25-18(20-14)12-7-5-4-6-8-12/h5,7-11H,4,6H2,1-3H3. The van der Waals surface area contributed by atoms with Gasteiger partial charge in [0.15, 0.2) is 17.2 Å². The number of rotatable bonds is 6. The van der Waals surface area contributed by atoms with E-state index < -0.39 is 5.97 Å². The van der Waals surface area contributed by atoms with E-state index in [9.17, 15) is 4.79 Å². The molecule has 0 aliphatic heterocycles. The summed E-state index contributed by atoms with van der Waals surface area (Å²) >= 11 is 0. The molecule has 0 fully saturated rings. The molecule has 0 spiro atoms. The molecule has 3 rings (SSSR count). The number of ether oxygens (including phenoxy) is 4. The molecule has 7 heteroatoms. The lowest BCUT2D eigenvalue weighted by Crippen LogP contribution is -2.09. The number of esters is 1. The van der Waals surface area contributed by atoms with Crippen molar-refractivity contribution in [3.05, 3.63) is 48.2 Å². The second-order valence-electron chi connectivity index (χ2n) is 5.43. The van der Waals surface area contributed by atoms with E-state index in [1.165, 1.54) is 39.7 Å². The first-order chi connectivity index (χ1) is 12.7. The van der Waals surface area contributed by atoms with Crippen LogP contribution in [0.5, 0.6) is 23.0 Å². The molecule has 7 nitrogen and oxygen atoms in total. The summed E-state index contributed by atoms with van der Waals surface area (Å²) in [6, 6.07) is 3.07. The van der Waals surface area contributed by atoms with E-state index in [2.05, 4.69) is 4.98 Å². The topological polar surface area (TPSA) is 80.0 Å². The van der Waals surface area contributed by atoms with Crippen LogP contribution in [0.15, 0.2) is 41.0 Å². The van der Waals surface area contributed by atoms with Crippen molar-refractivity contribution in [2.45, 2.75) is 12.8 Å². The van der Waals surface area contributed by atoms with Gasteiger partial charge in [-0.3, -0.25) is 0 Å². The van der Waals surface area contributed by atoms with Gasteiger partial charge in [0.05, 0.1) is 21.3 Å². The van der Waals surface area contributed by atoms with Gasteiger partial charge in [-0.2, -0.15) is 0 Å². The van der Waals surface area contributed by atoms with Gasteiger partial charge in [0.1, 0.15) is 12.0 Å². The lowest BCUT2D eigenvalue weighted by atomic mass is 10.1. The summed E-state index contributed by atoms with van der Waals surface area (Å²) in [4.78, 5) is 16.6. The molecular weight excluding hydrogens is 338 g/mol. The molecule has 2 aromatic rings. The van der Waals surface area contributed by atoms with Crippen LogP contribution in [-0.4, -0.2) is 32.3 Å². The van der Waals surface area contributed by atoms with Gasteiger partial charge >= 0.3 is 5.97 Å². The van der Waals surface area contributed by atoms with Crippen LogP contribution in [0.4, 0.5) is 0 Å². The zero-order valence-corrected chi connectivity index (χ0v) is 14.8. The fraction of sp³-hybridized carbons (Fsp3) is 0.263. The number of aromatic nitrogens is 1. The highest BCUT2D eigenvalue weighted by molar-refractivity contribution is 5.89. The van der Waals surface area contributed by atoms with Crippen LogP contribution < -0.4 is 18.9 Å². The molecule has 0 saturated heterocycles. The van der Waals surface area contributed by atoms with Gasteiger partial charge in [-0.1, -0.05) is 18.2 Å². The Morgan fingerprint density at radius 2 is 1.81 bits per heavy atom. The Bertz CT molecular complexity index is 840. The summed E-state index contributed by atoms with van der Waals surface area (Å²) in [5, 5.41) is 0. The molecule has 0 unspecified atom stereocenters. The molecule has 1 aliphatic carbocycles. The van der Waals surface area contributed by atoms with E-state index in [-0.39, 0.29) is 11.4 Å². The summed E-state index contributed by atoms with van der Waals surface area (Å²) in [6.45, 7) is 0. The first-order valence-corrected chi connectivity index (χ1v) is 8.01. The summed E-state index contributed by atoms with van der Waals surface area (Å²) in [5.41, 5.74) is 0.928. The van der Waals surface area contributed by atoms with Gasteiger partial charge in [-0.05, 0) is 12.8 Å². The predicted molar refractivity (Wildman–Crippen MR) is 93.9 cm³/mol. The van der Waals surface area contributed by atoms with Crippen molar-refractivity contribution in [2.75, 3.05) is 21.3 Å². The molecule has 1 heterocycles. The molecule has 0 amide bonds. The van der Waals surface area contributed by atoms with Crippen molar-refractivity contribution in [1.82, 2.24) is 4.98 Å². The number of nitrogens with zero attached hydrogens (tertiary/aromatic N) is 1. The van der Waals surface area contributed by atoms with Crippen molar-refractivity contribution in [3.8, 4) is 23.0 Å². The SMILES string of the molecule is COc1cc(OC(=O)c2coc(C3=CCCC=C3)n2)cc(OC)c1OC. The molecule has 0 N–H and O–H groups in total. The van der Waals surface area contributed by atoms with Gasteiger partial charge in [0.25, 0.3) is 0 Å². The highest BCUT2D eigenvalue weighted by Crippen LogP contribution is 2.40. The summed E-state index contributed by atoms with van der Waals surface area (Å²) < 4.78 is 26.5. The Morgan fingerprint density at radius 1 is 1.08 bits per heavy atom.